The zero-order valence-corrected chi connectivity index (χ0v) is 11.7. The minimum absolute atomic E-state index is 0.195. The van der Waals surface area contributed by atoms with Gasteiger partial charge in [0.25, 0.3) is 0 Å². The third-order valence-electron chi connectivity index (χ3n) is 3.24. The van der Waals surface area contributed by atoms with Crippen LogP contribution in [0.5, 0.6) is 0 Å². The maximum atomic E-state index is 5.85. The van der Waals surface area contributed by atoms with E-state index < -0.39 is 0 Å². The number of nitrogens with two attached hydrogens (primary N) is 1. The van der Waals surface area contributed by atoms with Gasteiger partial charge in [0, 0.05) is 36.1 Å². The molecule has 0 spiro atoms. The lowest BCUT2D eigenvalue weighted by Crippen LogP contribution is -2.20. The van der Waals surface area contributed by atoms with Gasteiger partial charge in [0.1, 0.15) is 5.82 Å². The minimum atomic E-state index is 0.195. The summed E-state index contributed by atoms with van der Waals surface area (Å²) >= 11 is 0. The molecule has 100 valence electrons. The molecule has 0 bridgehead atoms. The molecule has 2 aromatic rings. The third kappa shape index (κ3) is 3.15. The monoisotopic (exact) mass is 256 g/mol. The van der Waals surface area contributed by atoms with E-state index in [9.17, 15) is 0 Å². The highest BCUT2D eigenvalue weighted by molar-refractivity contribution is 5.58. The van der Waals surface area contributed by atoms with Crippen molar-refractivity contribution in [2.24, 2.45) is 11.7 Å². The Morgan fingerprint density at radius 1 is 1.16 bits per heavy atom. The van der Waals surface area contributed by atoms with E-state index in [-0.39, 0.29) is 5.92 Å². The second-order valence-electron chi connectivity index (χ2n) is 5.07. The van der Waals surface area contributed by atoms with Gasteiger partial charge in [-0.05, 0) is 31.0 Å². The van der Waals surface area contributed by atoms with Gasteiger partial charge in [0.05, 0.1) is 5.69 Å². The van der Waals surface area contributed by atoms with Crippen molar-refractivity contribution in [3.63, 3.8) is 0 Å². The van der Waals surface area contributed by atoms with E-state index >= 15 is 0 Å². The SMILES string of the molecule is Cc1cc(-c2ccncc2)nc(C(CN)C(C)C)n1. The van der Waals surface area contributed by atoms with E-state index in [2.05, 4.69) is 28.8 Å². The molecule has 19 heavy (non-hydrogen) atoms. The first kappa shape index (κ1) is 13.6. The molecular formula is C15H20N4. The predicted octanol–water partition coefficient (Wildman–Crippen LogP) is 2.55. The van der Waals surface area contributed by atoms with E-state index in [0.717, 1.165) is 22.8 Å². The zero-order chi connectivity index (χ0) is 13.8. The smallest absolute Gasteiger partial charge is 0.133 e. The van der Waals surface area contributed by atoms with Crippen LogP contribution in [-0.2, 0) is 0 Å². The van der Waals surface area contributed by atoms with Crippen molar-refractivity contribution in [2.45, 2.75) is 26.7 Å². The fraction of sp³-hybridized carbons (Fsp3) is 0.400. The summed E-state index contributed by atoms with van der Waals surface area (Å²) in [5.74, 6) is 1.46. The summed E-state index contributed by atoms with van der Waals surface area (Å²) in [6.45, 7) is 6.85. The van der Waals surface area contributed by atoms with Crippen LogP contribution in [-0.4, -0.2) is 21.5 Å². The predicted molar refractivity (Wildman–Crippen MR) is 76.6 cm³/mol. The number of pyridine rings is 1. The fourth-order valence-corrected chi connectivity index (χ4v) is 2.10. The Morgan fingerprint density at radius 3 is 2.42 bits per heavy atom. The van der Waals surface area contributed by atoms with Crippen molar-refractivity contribution in [2.75, 3.05) is 6.54 Å². The van der Waals surface area contributed by atoms with Gasteiger partial charge in [0.15, 0.2) is 0 Å². The Hall–Kier alpha value is -1.81. The highest BCUT2D eigenvalue weighted by Crippen LogP contribution is 2.23. The Morgan fingerprint density at radius 2 is 1.84 bits per heavy atom. The summed E-state index contributed by atoms with van der Waals surface area (Å²) in [4.78, 5) is 13.3. The molecule has 1 atom stereocenters. The van der Waals surface area contributed by atoms with Crippen LogP contribution in [0.15, 0.2) is 30.6 Å². The molecule has 0 radical (unpaired) electrons. The maximum Gasteiger partial charge on any atom is 0.133 e. The Bertz CT molecular complexity index is 537. The number of aryl methyl sites for hydroxylation is 1. The van der Waals surface area contributed by atoms with E-state index in [1.54, 1.807) is 12.4 Å². The average Bonchev–Trinajstić information content (AvgIpc) is 2.39. The molecule has 0 fully saturated rings. The molecule has 2 rings (SSSR count). The average molecular weight is 256 g/mol. The molecule has 0 saturated heterocycles. The van der Waals surface area contributed by atoms with Crippen LogP contribution in [0.2, 0.25) is 0 Å². The molecule has 4 heteroatoms. The molecule has 0 aliphatic rings. The molecule has 2 N–H and O–H groups in total. The molecular weight excluding hydrogens is 236 g/mol. The van der Waals surface area contributed by atoms with Crippen LogP contribution < -0.4 is 5.73 Å². The number of nitrogens with zero attached hydrogens (tertiary/aromatic N) is 3. The third-order valence-corrected chi connectivity index (χ3v) is 3.24. The van der Waals surface area contributed by atoms with E-state index in [4.69, 9.17) is 5.73 Å². The van der Waals surface area contributed by atoms with Gasteiger partial charge >= 0.3 is 0 Å². The largest absolute Gasteiger partial charge is 0.330 e. The van der Waals surface area contributed by atoms with E-state index in [1.165, 1.54) is 0 Å². The first-order chi connectivity index (χ1) is 9.11. The number of hydrogen-bond acceptors (Lipinski definition) is 4. The lowest BCUT2D eigenvalue weighted by Gasteiger charge is -2.18. The minimum Gasteiger partial charge on any atom is -0.330 e. The number of rotatable bonds is 4. The summed E-state index contributed by atoms with van der Waals surface area (Å²) in [5, 5.41) is 0. The van der Waals surface area contributed by atoms with Crippen LogP contribution in [0.3, 0.4) is 0 Å². The van der Waals surface area contributed by atoms with Crippen LogP contribution in [0.1, 0.15) is 31.3 Å². The van der Waals surface area contributed by atoms with Crippen LogP contribution in [0.25, 0.3) is 11.3 Å². The fourth-order valence-electron chi connectivity index (χ4n) is 2.10. The first-order valence-corrected chi connectivity index (χ1v) is 6.58. The summed E-state index contributed by atoms with van der Waals surface area (Å²) in [6.07, 6.45) is 3.55. The number of aromatic nitrogens is 3. The van der Waals surface area contributed by atoms with Gasteiger partial charge < -0.3 is 5.73 Å². The van der Waals surface area contributed by atoms with Gasteiger partial charge in [-0.15, -0.1) is 0 Å². The van der Waals surface area contributed by atoms with Crippen LogP contribution in [0.4, 0.5) is 0 Å². The van der Waals surface area contributed by atoms with Crippen molar-refractivity contribution in [3.05, 3.63) is 42.1 Å². The summed E-state index contributed by atoms with van der Waals surface area (Å²) in [6, 6.07) is 5.91. The number of hydrogen-bond donors (Lipinski definition) is 1. The second-order valence-corrected chi connectivity index (χ2v) is 5.07. The topological polar surface area (TPSA) is 64.7 Å². The molecule has 1 unspecified atom stereocenters. The van der Waals surface area contributed by atoms with Crippen molar-refractivity contribution < 1.29 is 0 Å². The van der Waals surface area contributed by atoms with Gasteiger partial charge in [-0.3, -0.25) is 4.98 Å². The van der Waals surface area contributed by atoms with Gasteiger partial charge in [0.2, 0.25) is 0 Å². The highest BCUT2D eigenvalue weighted by atomic mass is 14.9. The Labute approximate surface area is 114 Å². The molecule has 0 amide bonds. The quantitative estimate of drug-likeness (QED) is 0.913. The van der Waals surface area contributed by atoms with E-state index in [0.29, 0.717) is 12.5 Å². The van der Waals surface area contributed by atoms with Crippen LogP contribution >= 0.6 is 0 Å². The Balaban J connectivity index is 2.45. The molecule has 0 aromatic carbocycles. The zero-order valence-electron chi connectivity index (χ0n) is 11.7. The molecule has 2 heterocycles. The van der Waals surface area contributed by atoms with Crippen LogP contribution in [0, 0.1) is 12.8 Å². The maximum absolute atomic E-state index is 5.85. The molecule has 0 aliphatic heterocycles. The second kappa shape index (κ2) is 5.89. The van der Waals surface area contributed by atoms with Gasteiger partial charge in [-0.2, -0.15) is 0 Å². The summed E-state index contributed by atoms with van der Waals surface area (Å²) in [5.41, 5.74) is 8.81. The molecule has 0 aliphatic carbocycles. The first-order valence-electron chi connectivity index (χ1n) is 6.58. The Kier molecular flexibility index (Phi) is 4.22. The van der Waals surface area contributed by atoms with Crippen molar-refractivity contribution in [1.29, 1.82) is 0 Å². The standard InChI is InChI=1S/C15H20N4/c1-10(2)13(9-16)15-18-11(3)8-14(19-15)12-4-6-17-7-5-12/h4-8,10,13H,9,16H2,1-3H3. The van der Waals surface area contributed by atoms with Gasteiger partial charge in [-0.25, -0.2) is 9.97 Å². The molecule has 2 aromatic heterocycles. The van der Waals surface area contributed by atoms with Gasteiger partial charge in [-0.1, -0.05) is 13.8 Å². The highest BCUT2D eigenvalue weighted by Gasteiger charge is 2.18. The van der Waals surface area contributed by atoms with E-state index in [1.807, 2.05) is 25.1 Å². The summed E-state index contributed by atoms with van der Waals surface area (Å²) < 4.78 is 0. The normalized spacial score (nSPS) is 12.7. The lowest BCUT2D eigenvalue weighted by atomic mass is 9.95. The van der Waals surface area contributed by atoms with Crippen molar-refractivity contribution in [1.82, 2.24) is 15.0 Å². The van der Waals surface area contributed by atoms with Crippen molar-refractivity contribution in [3.8, 4) is 11.3 Å². The summed E-state index contributed by atoms with van der Waals surface area (Å²) in [7, 11) is 0. The molecule has 4 nitrogen and oxygen atoms in total. The van der Waals surface area contributed by atoms with Crippen molar-refractivity contribution >= 4 is 0 Å². The molecule has 0 saturated carbocycles. The lowest BCUT2D eigenvalue weighted by molar-refractivity contribution is 0.483.